The summed E-state index contributed by atoms with van der Waals surface area (Å²) >= 11 is 0. The molecule has 3 heterocycles. The highest BCUT2D eigenvalue weighted by molar-refractivity contribution is 5.89. The molecule has 2 aromatic heterocycles. The molecule has 0 bridgehead atoms. The molecule has 1 N–H and O–H groups in total. The van der Waals surface area contributed by atoms with E-state index in [1.807, 2.05) is 70.2 Å². The summed E-state index contributed by atoms with van der Waals surface area (Å²) in [5, 5.41) is 16.3. The van der Waals surface area contributed by atoms with E-state index in [0.717, 1.165) is 28.2 Å². The molecule has 6 rings (SSSR count). The number of nitrogens with zero attached hydrogens (tertiary/aromatic N) is 6. The van der Waals surface area contributed by atoms with Crippen LogP contribution in [0.25, 0.3) is 16.9 Å². The molecule has 1 aliphatic rings. The minimum Gasteiger partial charge on any atom is -0.320 e. The molecule has 8 nitrogen and oxygen atoms in total. The lowest BCUT2D eigenvalue weighted by molar-refractivity contribution is 0.206. The number of hydrogen-bond donors (Lipinski definition) is 1. The van der Waals surface area contributed by atoms with E-state index in [2.05, 4.69) is 15.6 Å². The molecular weight excluding hydrogens is 469 g/mol. The van der Waals surface area contributed by atoms with Crippen molar-refractivity contribution in [3.05, 3.63) is 114 Å². The normalized spacial score (nSPS) is 12.8. The molecule has 1 aliphatic heterocycles. The van der Waals surface area contributed by atoms with E-state index in [0.29, 0.717) is 37.4 Å². The molecule has 5 aromatic rings. The van der Waals surface area contributed by atoms with Gasteiger partial charge in [0, 0.05) is 35.5 Å². The van der Waals surface area contributed by atoms with E-state index in [1.165, 1.54) is 10.7 Å². The molecule has 0 atom stereocenters. The Morgan fingerprint density at radius 1 is 0.946 bits per heavy atom. The smallest absolute Gasteiger partial charge is 0.320 e. The molecule has 184 valence electrons. The van der Waals surface area contributed by atoms with E-state index >= 15 is 0 Å². The van der Waals surface area contributed by atoms with Gasteiger partial charge in [-0.05, 0) is 24.3 Å². The molecule has 0 radical (unpaired) electrons. The van der Waals surface area contributed by atoms with Crippen LogP contribution >= 0.6 is 0 Å². The topological polar surface area (TPSA) is 80.9 Å². The van der Waals surface area contributed by atoms with Crippen molar-refractivity contribution in [2.75, 3.05) is 11.9 Å². The number of rotatable bonds is 5. The van der Waals surface area contributed by atoms with E-state index in [1.54, 1.807) is 24.4 Å². The van der Waals surface area contributed by atoms with Crippen molar-refractivity contribution in [3.8, 4) is 16.9 Å². The van der Waals surface area contributed by atoms with Gasteiger partial charge < -0.3 is 10.2 Å². The fraction of sp³-hybridized carbons (Fsp3) is 0.143. The van der Waals surface area contributed by atoms with Gasteiger partial charge in [0.1, 0.15) is 17.2 Å². The second-order valence-corrected chi connectivity index (χ2v) is 8.87. The zero-order valence-electron chi connectivity index (χ0n) is 20.0. The third-order valence-corrected chi connectivity index (χ3v) is 6.45. The van der Waals surface area contributed by atoms with Crippen LogP contribution in [0.1, 0.15) is 17.0 Å². The maximum atomic E-state index is 14.2. The number of para-hydroxylation sites is 2. The lowest BCUT2D eigenvalue weighted by Gasteiger charge is -2.28. The molecule has 3 aromatic carbocycles. The average molecular weight is 494 g/mol. The fourth-order valence-corrected chi connectivity index (χ4v) is 4.63. The third kappa shape index (κ3) is 4.58. The van der Waals surface area contributed by atoms with Crippen LogP contribution in [0.15, 0.2) is 91.1 Å². The number of carbonyl (C=O) groups is 1. The maximum Gasteiger partial charge on any atom is 0.322 e. The molecule has 0 aliphatic carbocycles. The molecule has 0 saturated carbocycles. The minimum atomic E-state index is -0.365. The Morgan fingerprint density at radius 3 is 2.46 bits per heavy atom. The summed E-state index contributed by atoms with van der Waals surface area (Å²) in [6.07, 6.45) is 2.37. The predicted molar refractivity (Wildman–Crippen MR) is 138 cm³/mol. The van der Waals surface area contributed by atoms with E-state index < -0.39 is 0 Å². The molecule has 0 saturated heterocycles. The summed E-state index contributed by atoms with van der Waals surface area (Å²) in [4.78, 5) is 14.8. The first-order chi connectivity index (χ1) is 18.2. The Bertz CT molecular complexity index is 1550. The number of aromatic nitrogens is 5. The number of halogens is 1. The number of fused-ring (bicyclic) bond motifs is 1. The Hall–Kier alpha value is -4.79. The molecule has 9 heteroatoms. The lowest BCUT2D eigenvalue weighted by Crippen LogP contribution is -2.39. The fourth-order valence-electron chi connectivity index (χ4n) is 4.63. The quantitative estimate of drug-likeness (QED) is 0.377. The summed E-state index contributed by atoms with van der Waals surface area (Å²) in [5.74, 6) is -0.365. The number of urea groups is 1. The number of nitrogens with one attached hydrogen (secondary N) is 1. The predicted octanol–water partition coefficient (Wildman–Crippen LogP) is 4.91. The van der Waals surface area contributed by atoms with Crippen LogP contribution in [0.2, 0.25) is 0 Å². The van der Waals surface area contributed by atoms with Crippen LogP contribution in [-0.2, 0) is 19.5 Å². The molecule has 0 unspecified atom stereocenters. The second kappa shape index (κ2) is 9.69. The van der Waals surface area contributed by atoms with Crippen LogP contribution in [0.5, 0.6) is 0 Å². The second-order valence-electron chi connectivity index (χ2n) is 8.87. The zero-order valence-corrected chi connectivity index (χ0v) is 20.0. The summed E-state index contributed by atoms with van der Waals surface area (Å²) < 4.78 is 17.6. The molecule has 0 spiro atoms. The van der Waals surface area contributed by atoms with Crippen LogP contribution in [0, 0.1) is 5.82 Å². The van der Waals surface area contributed by atoms with Gasteiger partial charge in [-0.1, -0.05) is 65.9 Å². The molecule has 37 heavy (non-hydrogen) atoms. The first kappa shape index (κ1) is 22.7. The van der Waals surface area contributed by atoms with Crippen LogP contribution < -0.4 is 5.32 Å². The van der Waals surface area contributed by atoms with Gasteiger partial charge >= 0.3 is 6.03 Å². The highest BCUT2D eigenvalue weighted by Gasteiger charge is 2.28. The standard InChI is InChI=1S/C28H24FN7O/c29-24-13-7-8-14-26(24)36-18-22(31-33-36)17-35-25-15-16-34(28(37)30-21-11-5-2-6-12-21)19-23(25)27(32-35)20-9-3-1-4-10-20/h1-14,18H,15-17,19H2,(H,30,37). The van der Waals surface area contributed by atoms with Gasteiger partial charge in [-0.2, -0.15) is 5.10 Å². The summed E-state index contributed by atoms with van der Waals surface area (Å²) in [6, 6.07) is 25.7. The number of amides is 2. The SMILES string of the molecule is O=C(Nc1ccccc1)N1CCc2c(c(-c3ccccc3)nn2Cc2cn(-c3ccccc3F)nn2)C1. The number of benzene rings is 3. The lowest BCUT2D eigenvalue weighted by atomic mass is 10.0. The minimum absolute atomic E-state index is 0.142. The Balaban J connectivity index is 1.30. The summed E-state index contributed by atoms with van der Waals surface area (Å²) in [5.41, 5.74) is 5.67. The highest BCUT2D eigenvalue weighted by atomic mass is 19.1. The Labute approximate surface area is 213 Å². The van der Waals surface area contributed by atoms with Crippen LogP contribution in [0.3, 0.4) is 0 Å². The van der Waals surface area contributed by atoms with Gasteiger partial charge in [-0.3, -0.25) is 4.68 Å². The third-order valence-electron chi connectivity index (χ3n) is 6.45. The summed E-state index contributed by atoms with van der Waals surface area (Å²) in [7, 11) is 0. The zero-order chi connectivity index (χ0) is 25.2. The number of hydrogen-bond acceptors (Lipinski definition) is 4. The van der Waals surface area contributed by atoms with E-state index in [4.69, 9.17) is 5.10 Å². The van der Waals surface area contributed by atoms with Crippen molar-refractivity contribution in [3.63, 3.8) is 0 Å². The van der Waals surface area contributed by atoms with Gasteiger partial charge in [-0.25, -0.2) is 13.9 Å². The Kier molecular flexibility index (Phi) is 5.94. The first-order valence-electron chi connectivity index (χ1n) is 12.1. The molecule has 2 amide bonds. The highest BCUT2D eigenvalue weighted by Crippen LogP contribution is 2.31. The molecular formula is C28H24FN7O. The summed E-state index contributed by atoms with van der Waals surface area (Å²) in [6.45, 7) is 1.40. The van der Waals surface area contributed by atoms with Crippen LogP contribution in [-0.4, -0.2) is 42.3 Å². The Morgan fingerprint density at radius 2 is 1.68 bits per heavy atom. The maximum absolute atomic E-state index is 14.2. The van der Waals surface area contributed by atoms with Crippen molar-refractivity contribution >= 4 is 11.7 Å². The molecule has 0 fully saturated rings. The average Bonchev–Trinajstić information content (AvgIpc) is 3.55. The van der Waals surface area contributed by atoms with E-state index in [-0.39, 0.29) is 11.8 Å². The van der Waals surface area contributed by atoms with Gasteiger partial charge in [0.15, 0.2) is 0 Å². The van der Waals surface area contributed by atoms with Crippen molar-refractivity contribution in [1.82, 2.24) is 29.7 Å². The van der Waals surface area contributed by atoms with Gasteiger partial charge in [0.2, 0.25) is 0 Å². The van der Waals surface area contributed by atoms with Crippen LogP contribution in [0.4, 0.5) is 14.9 Å². The van der Waals surface area contributed by atoms with E-state index in [9.17, 15) is 9.18 Å². The van der Waals surface area contributed by atoms with Gasteiger partial charge in [0.05, 0.1) is 25.0 Å². The van der Waals surface area contributed by atoms with Crippen molar-refractivity contribution in [2.45, 2.75) is 19.5 Å². The van der Waals surface area contributed by atoms with Crippen molar-refractivity contribution < 1.29 is 9.18 Å². The largest absolute Gasteiger partial charge is 0.322 e. The van der Waals surface area contributed by atoms with Gasteiger partial charge in [-0.15, -0.1) is 5.10 Å². The van der Waals surface area contributed by atoms with Gasteiger partial charge in [0.25, 0.3) is 0 Å². The number of anilines is 1. The van der Waals surface area contributed by atoms with Crippen molar-refractivity contribution in [2.24, 2.45) is 0 Å². The number of carbonyl (C=O) groups excluding carboxylic acids is 1. The van der Waals surface area contributed by atoms with Crippen molar-refractivity contribution in [1.29, 1.82) is 0 Å². The first-order valence-corrected chi connectivity index (χ1v) is 12.1. The monoisotopic (exact) mass is 493 g/mol.